The van der Waals surface area contributed by atoms with Crippen LogP contribution in [0.4, 0.5) is 5.82 Å². The topological polar surface area (TPSA) is 82.0 Å². The Morgan fingerprint density at radius 1 is 1.08 bits per heavy atom. The molecule has 5 aromatic rings. The lowest BCUT2D eigenvalue weighted by atomic mass is 10.0. The van der Waals surface area contributed by atoms with Crippen LogP contribution in [0.2, 0.25) is 0 Å². The first kappa shape index (κ1) is 15.0. The number of nitrogens with two attached hydrogens (primary N) is 1. The summed E-state index contributed by atoms with van der Waals surface area (Å²) in [5.41, 5.74) is 14.2. The molecule has 126 valence electrons. The molecule has 0 spiro atoms. The summed E-state index contributed by atoms with van der Waals surface area (Å²) in [7, 11) is 0. The standard InChI is InChI=1S/C19H14N6S/c1-11-4-5-21-14-3-2-12(8-13(11)14)17-16(15-9-26-10-23-15)24-18(20)19-22-6-7-25(17)19/h2-10H,1H3,(H2,20,24). The number of hydrogen-bond acceptors (Lipinski definition) is 6. The molecule has 2 N–H and O–H groups in total. The van der Waals surface area contributed by atoms with Gasteiger partial charge < -0.3 is 5.73 Å². The van der Waals surface area contributed by atoms with Gasteiger partial charge in [0.25, 0.3) is 0 Å². The number of aromatic nitrogens is 5. The number of aryl methyl sites for hydroxylation is 1. The summed E-state index contributed by atoms with van der Waals surface area (Å²) in [5, 5.41) is 3.08. The van der Waals surface area contributed by atoms with Gasteiger partial charge in [-0.15, -0.1) is 11.3 Å². The lowest BCUT2D eigenvalue weighted by Gasteiger charge is -2.13. The number of pyridine rings is 1. The van der Waals surface area contributed by atoms with Gasteiger partial charge in [-0.2, -0.15) is 0 Å². The second-order valence-electron chi connectivity index (χ2n) is 6.05. The van der Waals surface area contributed by atoms with Gasteiger partial charge in [0, 0.05) is 34.9 Å². The highest BCUT2D eigenvalue weighted by Crippen LogP contribution is 2.34. The molecule has 0 radical (unpaired) electrons. The van der Waals surface area contributed by atoms with Gasteiger partial charge in [0.05, 0.1) is 16.7 Å². The maximum Gasteiger partial charge on any atom is 0.180 e. The van der Waals surface area contributed by atoms with Gasteiger partial charge in [0.15, 0.2) is 11.5 Å². The number of imidazole rings is 1. The zero-order valence-corrected chi connectivity index (χ0v) is 14.7. The van der Waals surface area contributed by atoms with E-state index in [2.05, 4.69) is 39.0 Å². The quantitative estimate of drug-likeness (QED) is 0.516. The minimum Gasteiger partial charge on any atom is -0.381 e. The Balaban J connectivity index is 1.89. The van der Waals surface area contributed by atoms with Gasteiger partial charge in [-0.05, 0) is 30.7 Å². The maximum absolute atomic E-state index is 6.14. The third kappa shape index (κ3) is 2.18. The molecule has 4 aromatic heterocycles. The fourth-order valence-corrected chi connectivity index (χ4v) is 3.76. The number of nitrogen functional groups attached to an aromatic ring is 1. The van der Waals surface area contributed by atoms with E-state index in [9.17, 15) is 0 Å². The molecule has 6 nitrogen and oxygen atoms in total. The highest BCUT2D eigenvalue weighted by atomic mass is 32.1. The lowest BCUT2D eigenvalue weighted by Crippen LogP contribution is -2.04. The zero-order valence-electron chi connectivity index (χ0n) is 13.9. The van der Waals surface area contributed by atoms with Crippen LogP contribution in [0.1, 0.15) is 5.56 Å². The number of hydrogen-bond donors (Lipinski definition) is 1. The predicted molar refractivity (Wildman–Crippen MR) is 104 cm³/mol. The maximum atomic E-state index is 6.14. The molecule has 0 saturated carbocycles. The van der Waals surface area contributed by atoms with Crippen molar-refractivity contribution in [3.8, 4) is 22.6 Å². The van der Waals surface area contributed by atoms with Crippen molar-refractivity contribution in [2.45, 2.75) is 6.92 Å². The summed E-state index contributed by atoms with van der Waals surface area (Å²) in [6.45, 7) is 2.09. The summed E-state index contributed by atoms with van der Waals surface area (Å²) in [6, 6.07) is 8.24. The highest BCUT2D eigenvalue weighted by Gasteiger charge is 2.18. The van der Waals surface area contributed by atoms with E-state index >= 15 is 0 Å². The first-order valence-corrected chi connectivity index (χ1v) is 9.03. The number of fused-ring (bicyclic) bond motifs is 2. The molecule has 0 saturated heterocycles. The molecule has 7 heteroatoms. The first-order chi connectivity index (χ1) is 12.7. The minimum atomic E-state index is 0.389. The summed E-state index contributed by atoms with van der Waals surface area (Å²) in [4.78, 5) is 17.9. The van der Waals surface area contributed by atoms with E-state index in [1.165, 1.54) is 16.9 Å². The van der Waals surface area contributed by atoms with Crippen molar-refractivity contribution in [1.82, 2.24) is 24.3 Å². The molecule has 0 bridgehead atoms. The summed E-state index contributed by atoms with van der Waals surface area (Å²) < 4.78 is 1.98. The molecule has 0 fully saturated rings. The van der Waals surface area contributed by atoms with Gasteiger partial charge in [0.2, 0.25) is 0 Å². The van der Waals surface area contributed by atoms with Gasteiger partial charge >= 0.3 is 0 Å². The van der Waals surface area contributed by atoms with E-state index in [0.29, 0.717) is 11.5 Å². The van der Waals surface area contributed by atoms with Crippen LogP contribution < -0.4 is 5.73 Å². The van der Waals surface area contributed by atoms with Crippen LogP contribution in [0.15, 0.2) is 53.7 Å². The summed E-state index contributed by atoms with van der Waals surface area (Å²) in [5.74, 6) is 0.389. The fraction of sp³-hybridized carbons (Fsp3) is 0.0526. The Bertz CT molecular complexity index is 1260. The first-order valence-electron chi connectivity index (χ1n) is 8.09. The van der Waals surface area contributed by atoms with Gasteiger partial charge in [0.1, 0.15) is 11.4 Å². The van der Waals surface area contributed by atoms with E-state index in [-0.39, 0.29) is 0 Å². The number of anilines is 1. The largest absolute Gasteiger partial charge is 0.381 e. The van der Waals surface area contributed by atoms with Crippen molar-refractivity contribution in [2.75, 3.05) is 5.73 Å². The van der Waals surface area contributed by atoms with E-state index < -0.39 is 0 Å². The second kappa shape index (κ2) is 5.60. The van der Waals surface area contributed by atoms with Crippen LogP contribution in [0.25, 0.3) is 39.2 Å². The molecule has 5 rings (SSSR count). The van der Waals surface area contributed by atoms with Gasteiger partial charge in [-0.25, -0.2) is 15.0 Å². The lowest BCUT2D eigenvalue weighted by molar-refractivity contribution is 1.14. The van der Waals surface area contributed by atoms with Crippen LogP contribution in [-0.2, 0) is 0 Å². The van der Waals surface area contributed by atoms with Crippen molar-refractivity contribution >= 4 is 33.7 Å². The molecule has 4 heterocycles. The van der Waals surface area contributed by atoms with Gasteiger partial charge in [-0.3, -0.25) is 9.38 Å². The van der Waals surface area contributed by atoms with Crippen LogP contribution in [0.5, 0.6) is 0 Å². The molecule has 26 heavy (non-hydrogen) atoms. The molecular formula is C19H14N6S. The third-order valence-corrected chi connectivity index (χ3v) is 5.06. The fourth-order valence-electron chi connectivity index (χ4n) is 3.23. The molecule has 0 amide bonds. The van der Waals surface area contributed by atoms with Crippen LogP contribution in [-0.4, -0.2) is 24.3 Å². The van der Waals surface area contributed by atoms with Crippen molar-refractivity contribution in [1.29, 1.82) is 0 Å². The molecular weight excluding hydrogens is 344 g/mol. The van der Waals surface area contributed by atoms with E-state index in [0.717, 1.165) is 33.5 Å². The Morgan fingerprint density at radius 3 is 2.85 bits per heavy atom. The Labute approximate surface area is 153 Å². The Kier molecular flexibility index (Phi) is 3.23. The average molecular weight is 358 g/mol. The zero-order chi connectivity index (χ0) is 17.7. The molecule has 0 atom stereocenters. The van der Waals surface area contributed by atoms with Crippen molar-refractivity contribution < 1.29 is 0 Å². The smallest absolute Gasteiger partial charge is 0.180 e. The molecule has 0 aliphatic carbocycles. The van der Waals surface area contributed by atoms with Crippen LogP contribution >= 0.6 is 11.3 Å². The Hall–Kier alpha value is -3.32. The average Bonchev–Trinajstić information content (AvgIpc) is 3.34. The van der Waals surface area contributed by atoms with E-state index in [1.807, 2.05) is 34.3 Å². The number of nitrogens with zero attached hydrogens (tertiary/aromatic N) is 5. The third-order valence-electron chi connectivity index (χ3n) is 4.48. The predicted octanol–water partition coefficient (Wildman–Crippen LogP) is 3.96. The minimum absolute atomic E-state index is 0.389. The number of thiazole rings is 1. The van der Waals surface area contributed by atoms with E-state index in [1.54, 1.807) is 11.7 Å². The van der Waals surface area contributed by atoms with Crippen LogP contribution in [0, 0.1) is 6.92 Å². The SMILES string of the molecule is Cc1ccnc2ccc(-c3c(-c4cscn4)nc(N)c4nccn34)cc12. The van der Waals surface area contributed by atoms with Gasteiger partial charge in [-0.1, -0.05) is 6.07 Å². The normalized spacial score (nSPS) is 11.4. The van der Waals surface area contributed by atoms with Crippen molar-refractivity contribution in [3.05, 3.63) is 59.3 Å². The molecule has 0 aliphatic heterocycles. The molecule has 0 aliphatic rings. The summed E-state index contributed by atoms with van der Waals surface area (Å²) in [6.07, 6.45) is 5.46. The second-order valence-corrected chi connectivity index (χ2v) is 6.77. The highest BCUT2D eigenvalue weighted by molar-refractivity contribution is 7.07. The van der Waals surface area contributed by atoms with Crippen LogP contribution in [0.3, 0.4) is 0 Å². The number of benzene rings is 1. The molecule has 1 aromatic carbocycles. The monoisotopic (exact) mass is 358 g/mol. The van der Waals surface area contributed by atoms with E-state index in [4.69, 9.17) is 5.73 Å². The summed E-state index contributed by atoms with van der Waals surface area (Å²) >= 11 is 1.53. The Morgan fingerprint density at radius 2 is 2.00 bits per heavy atom. The number of rotatable bonds is 2. The van der Waals surface area contributed by atoms with Crippen molar-refractivity contribution in [2.24, 2.45) is 0 Å². The molecule has 0 unspecified atom stereocenters. The van der Waals surface area contributed by atoms with Crippen molar-refractivity contribution in [3.63, 3.8) is 0 Å².